The number of carboxylic acid groups (broad SMARTS) is 1. The second-order valence-corrected chi connectivity index (χ2v) is 5.22. The molecule has 0 aromatic carbocycles. The molecule has 2 N–H and O–H groups in total. The van der Waals surface area contributed by atoms with Gasteiger partial charge in [0, 0.05) is 19.3 Å². The Hall–Kier alpha value is -1.33. The molecule has 2 heterocycles. The number of hydrogen-bond acceptors (Lipinski definition) is 4. The lowest BCUT2D eigenvalue weighted by Crippen LogP contribution is -2.42. The third kappa shape index (κ3) is 2.73. The van der Waals surface area contributed by atoms with E-state index in [-0.39, 0.29) is 10.6 Å². The van der Waals surface area contributed by atoms with Crippen molar-refractivity contribution < 1.29 is 15.0 Å². The zero-order valence-corrected chi connectivity index (χ0v) is 10.8. The molecular formula is C12H15ClN2O3. The minimum Gasteiger partial charge on any atom is -0.478 e. The summed E-state index contributed by atoms with van der Waals surface area (Å²) in [6.07, 6.45) is 2.63. The maximum Gasteiger partial charge on any atom is 0.337 e. The molecule has 1 aromatic rings. The predicted octanol–water partition coefficient (Wildman–Crippen LogP) is 1.78. The fraction of sp³-hybridized carbons (Fsp3) is 0.500. The monoisotopic (exact) mass is 270 g/mol. The van der Waals surface area contributed by atoms with E-state index in [1.807, 2.05) is 11.8 Å². The van der Waals surface area contributed by atoms with Crippen LogP contribution in [-0.4, -0.2) is 39.9 Å². The molecule has 0 bridgehead atoms. The van der Waals surface area contributed by atoms with E-state index >= 15 is 0 Å². The van der Waals surface area contributed by atoms with Crippen LogP contribution in [0.15, 0.2) is 12.3 Å². The Morgan fingerprint density at radius 1 is 1.50 bits per heavy atom. The summed E-state index contributed by atoms with van der Waals surface area (Å²) in [5.41, 5.74) is -0.586. The summed E-state index contributed by atoms with van der Waals surface area (Å²) < 4.78 is 0. The Bertz CT molecular complexity index is 466. The van der Waals surface area contributed by atoms with E-state index in [0.717, 1.165) is 0 Å². The first-order valence-electron chi connectivity index (χ1n) is 5.75. The van der Waals surface area contributed by atoms with Gasteiger partial charge in [0.2, 0.25) is 0 Å². The van der Waals surface area contributed by atoms with E-state index in [1.165, 1.54) is 12.3 Å². The summed E-state index contributed by atoms with van der Waals surface area (Å²) in [5, 5.41) is 19.0. The van der Waals surface area contributed by atoms with E-state index in [4.69, 9.17) is 16.7 Å². The van der Waals surface area contributed by atoms with Crippen LogP contribution in [0.1, 0.15) is 30.1 Å². The molecule has 1 aliphatic heterocycles. The number of nitrogens with zero attached hydrogens (tertiary/aromatic N) is 2. The van der Waals surface area contributed by atoms with Crippen molar-refractivity contribution in [3.63, 3.8) is 0 Å². The number of rotatable bonds is 2. The van der Waals surface area contributed by atoms with Crippen LogP contribution in [0.3, 0.4) is 0 Å². The van der Waals surface area contributed by atoms with E-state index in [0.29, 0.717) is 31.7 Å². The maximum atomic E-state index is 11.0. The van der Waals surface area contributed by atoms with E-state index in [1.54, 1.807) is 0 Å². The number of carbonyl (C=O) groups is 1. The quantitative estimate of drug-likeness (QED) is 0.857. The summed E-state index contributed by atoms with van der Waals surface area (Å²) in [5.74, 6) is -0.472. The Kier molecular flexibility index (Phi) is 3.45. The summed E-state index contributed by atoms with van der Waals surface area (Å²) in [6.45, 7) is 3.11. The first-order chi connectivity index (χ1) is 8.39. The normalized spacial score (nSPS) is 18.7. The number of halogens is 1. The fourth-order valence-corrected chi connectivity index (χ4v) is 2.17. The second kappa shape index (κ2) is 4.74. The highest BCUT2D eigenvalue weighted by molar-refractivity contribution is 6.33. The third-order valence-electron chi connectivity index (χ3n) is 3.24. The molecule has 0 amide bonds. The smallest absolute Gasteiger partial charge is 0.337 e. The molecule has 0 saturated carbocycles. The standard InChI is InChI=1S/C12H15ClN2O3/c1-12(18)2-4-15(5-3-12)10-6-8(11(16)17)9(13)7-14-10/h6-7,18H,2-5H2,1H3,(H,16,17). The minimum absolute atomic E-state index is 0.0546. The van der Waals surface area contributed by atoms with Crippen molar-refractivity contribution in [2.24, 2.45) is 0 Å². The van der Waals surface area contributed by atoms with Crippen LogP contribution in [0, 0.1) is 0 Å². The van der Waals surface area contributed by atoms with Crippen molar-refractivity contribution in [2.45, 2.75) is 25.4 Å². The zero-order valence-electron chi connectivity index (χ0n) is 10.1. The molecule has 0 spiro atoms. The number of pyridine rings is 1. The van der Waals surface area contributed by atoms with Crippen molar-refractivity contribution in [3.05, 3.63) is 22.8 Å². The molecule has 98 valence electrons. The molecule has 0 atom stereocenters. The summed E-state index contributed by atoms with van der Waals surface area (Å²) in [6, 6.07) is 1.48. The number of carboxylic acids is 1. The molecular weight excluding hydrogens is 256 g/mol. The van der Waals surface area contributed by atoms with E-state index in [9.17, 15) is 9.90 Å². The van der Waals surface area contributed by atoms with Crippen LogP contribution in [-0.2, 0) is 0 Å². The van der Waals surface area contributed by atoms with Crippen molar-refractivity contribution in [3.8, 4) is 0 Å². The molecule has 1 fully saturated rings. The number of aromatic nitrogens is 1. The van der Waals surface area contributed by atoms with Crippen molar-refractivity contribution in [1.29, 1.82) is 0 Å². The van der Waals surface area contributed by atoms with Gasteiger partial charge in [-0.1, -0.05) is 11.6 Å². The Morgan fingerprint density at radius 3 is 2.67 bits per heavy atom. The summed E-state index contributed by atoms with van der Waals surface area (Å²) >= 11 is 5.77. The van der Waals surface area contributed by atoms with Crippen LogP contribution < -0.4 is 4.90 Å². The molecule has 5 nitrogen and oxygen atoms in total. The first-order valence-corrected chi connectivity index (χ1v) is 6.13. The van der Waals surface area contributed by atoms with Gasteiger partial charge < -0.3 is 15.1 Å². The molecule has 0 aliphatic carbocycles. The van der Waals surface area contributed by atoms with Crippen LogP contribution in [0.4, 0.5) is 5.82 Å². The molecule has 1 saturated heterocycles. The van der Waals surface area contributed by atoms with Gasteiger partial charge in [-0.2, -0.15) is 0 Å². The number of anilines is 1. The highest BCUT2D eigenvalue weighted by atomic mass is 35.5. The average molecular weight is 271 g/mol. The van der Waals surface area contributed by atoms with Gasteiger partial charge in [0.05, 0.1) is 16.2 Å². The maximum absolute atomic E-state index is 11.0. The molecule has 0 radical (unpaired) electrons. The molecule has 18 heavy (non-hydrogen) atoms. The molecule has 0 unspecified atom stereocenters. The third-order valence-corrected chi connectivity index (χ3v) is 3.54. The Morgan fingerprint density at radius 2 is 2.11 bits per heavy atom. The van der Waals surface area contributed by atoms with Gasteiger partial charge in [0.25, 0.3) is 0 Å². The van der Waals surface area contributed by atoms with Crippen molar-refractivity contribution in [1.82, 2.24) is 4.98 Å². The van der Waals surface area contributed by atoms with E-state index in [2.05, 4.69) is 4.98 Å². The van der Waals surface area contributed by atoms with Crippen molar-refractivity contribution >= 4 is 23.4 Å². The minimum atomic E-state index is -1.06. The Labute approximate surface area is 110 Å². The lowest BCUT2D eigenvalue weighted by atomic mass is 9.94. The van der Waals surface area contributed by atoms with Crippen LogP contribution >= 0.6 is 11.6 Å². The van der Waals surface area contributed by atoms with Gasteiger partial charge in [-0.3, -0.25) is 0 Å². The topological polar surface area (TPSA) is 73.7 Å². The average Bonchev–Trinajstić information content (AvgIpc) is 2.30. The predicted molar refractivity (Wildman–Crippen MR) is 68.3 cm³/mol. The second-order valence-electron chi connectivity index (χ2n) is 4.81. The first kappa shape index (κ1) is 13.1. The van der Waals surface area contributed by atoms with Gasteiger partial charge in [-0.15, -0.1) is 0 Å². The fourth-order valence-electron chi connectivity index (χ4n) is 1.98. The van der Waals surface area contributed by atoms with Gasteiger partial charge in [0.1, 0.15) is 5.82 Å². The lowest BCUT2D eigenvalue weighted by molar-refractivity contribution is 0.0350. The lowest BCUT2D eigenvalue weighted by Gasteiger charge is -2.36. The Balaban J connectivity index is 2.20. The zero-order chi connectivity index (χ0) is 13.3. The molecule has 6 heteroatoms. The number of aliphatic hydroxyl groups is 1. The largest absolute Gasteiger partial charge is 0.478 e. The van der Waals surface area contributed by atoms with Crippen LogP contribution in [0.2, 0.25) is 5.02 Å². The van der Waals surface area contributed by atoms with Gasteiger partial charge >= 0.3 is 5.97 Å². The van der Waals surface area contributed by atoms with Gasteiger partial charge in [-0.25, -0.2) is 9.78 Å². The number of hydrogen-bond donors (Lipinski definition) is 2. The highest BCUT2D eigenvalue weighted by Crippen LogP contribution is 2.26. The van der Waals surface area contributed by atoms with Gasteiger partial charge in [-0.05, 0) is 25.8 Å². The molecule has 1 aliphatic rings. The highest BCUT2D eigenvalue weighted by Gasteiger charge is 2.28. The van der Waals surface area contributed by atoms with Crippen LogP contribution in [0.25, 0.3) is 0 Å². The van der Waals surface area contributed by atoms with Gasteiger partial charge in [0.15, 0.2) is 0 Å². The SMILES string of the molecule is CC1(O)CCN(c2cc(C(=O)O)c(Cl)cn2)CC1. The number of piperidine rings is 1. The summed E-state index contributed by atoms with van der Waals surface area (Å²) in [4.78, 5) is 17.1. The van der Waals surface area contributed by atoms with Crippen molar-refractivity contribution in [2.75, 3.05) is 18.0 Å². The van der Waals surface area contributed by atoms with Crippen LogP contribution in [0.5, 0.6) is 0 Å². The number of aromatic carboxylic acids is 1. The molecule has 1 aromatic heterocycles. The summed E-state index contributed by atoms with van der Waals surface area (Å²) in [7, 11) is 0. The molecule has 2 rings (SSSR count). The van der Waals surface area contributed by atoms with E-state index < -0.39 is 11.6 Å².